The first-order valence-corrected chi connectivity index (χ1v) is 13.6. The maximum absolute atomic E-state index is 13.7. The van der Waals surface area contributed by atoms with Crippen molar-refractivity contribution in [2.24, 2.45) is 5.10 Å². The maximum Gasteiger partial charge on any atom is 0.264 e. The molecule has 0 radical (unpaired) electrons. The molecule has 3 rings (SSSR count). The Hall–Kier alpha value is -3.85. The predicted octanol–water partition coefficient (Wildman–Crippen LogP) is 5.07. The molecule has 0 atom stereocenters. The fraction of sp³-hybridized carbons (Fsp3) is 0.310. The maximum atomic E-state index is 13.7. The van der Waals surface area contributed by atoms with Gasteiger partial charge in [0, 0.05) is 11.8 Å². The molecule has 3 aromatic rings. The highest BCUT2D eigenvalue weighted by molar-refractivity contribution is 7.92. The third kappa shape index (κ3) is 6.92. The highest BCUT2D eigenvalue weighted by Crippen LogP contribution is 2.35. The molecule has 3 aromatic carbocycles. The minimum absolute atomic E-state index is 0.0538. The number of aryl methyl sites for hydroxylation is 1. The van der Waals surface area contributed by atoms with Crippen molar-refractivity contribution in [3.8, 4) is 11.5 Å². The summed E-state index contributed by atoms with van der Waals surface area (Å²) in [6.45, 7) is 7.41. The summed E-state index contributed by atoms with van der Waals surface area (Å²) in [6.07, 6.45) is 0.606. The molecule has 1 N–H and O–H groups in total. The van der Waals surface area contributed by atoms with Crippen molar-refractivity contribution >= 4 is 27.3 Å². The normalized spacial score (nSPS) is 12.1. The number of benzene rings is 3. The van der Waals surface area contributed by atoms with E-state index >= 15 is 0 Å². The Bertz CT molecular complexity index is 1390. The number of nitrogens with one attached hydrogen (secondary N) is 1. The van der Waals surface area contributed by atoms with Crippen molar-refractivity contribution < 1.29 is 22.7 Å². The van der Waals surface area contributed by atoms with Gasteiger partial charge in [-0.05, 0) is 55.5 Å². The molecule has 0 aliphatic heterocycles. The van der Waals surface area contributed by atoms with Gasteiger partial charge in [0.15, 0.2) is 0 Å². The Morgan fingerprint density at radius 3 is 2.24 bits per heavy atom. The third-order valence-corrected chi connectivity index (χ3v) is 7.95. The highest BCUT2D eigenvalue weighted by Gasteiger charge is 2.30. The quantitative estimate of drug-likeness (QED) is 0.272. The van der Waals surface area contributed by atoms with E-state index in [4.69, 9.17) is 9.47 Å². The number of hydrazone groups is 1. The van der Waals surface area contributed by atoms with Crippen LogP contribution in [0.3, 0.4) is 0 Å². The minimum atomic E-state index is -4.12. The van der Waals surface area contributed by atoms with Gasteiger partial charge in [0.2, 0.25) is 0 Å². The molecule has 0 aromatic heterocycles. The van der Waals surface area contributed by atoms with E-state index in [0.29, 0.717) is 17.9 Å². The van der Waals surface area contributed by atoms with Crippen LogP contribution in [0, 0.1) is 6.92 Å². The minimum Gasteiger partial charge on any atom is -0.497 e. The van der Waals surface area contributed by atoms with E-state index in [1.807, 2.05) is 32.0 Å². The van der Waals surface area contributed by atoms with Crippen LogP contribution in [-0.2, 0) is 20.2 Å². The molecular formula is C29H35N3O5S. The van der Waals surface area contributed by atoms with E-state index in [1.54, 1.807) is 30.3 Å². The van der Waals surface area contributed by atoms with Crippen molar-refractivity contribution in [2.45, 2.75) is 44.4 Å². The van der Waals surface area contributed by atoms with Gasteiger partial charge in [0.05, 0.1) is 24.8 Å². The van der Waals surface area contributed by atoms with Crippen LogP contribution in [0.25, 0.3) is 0 Å². The number of amides is 1. The van der Waals surface area contributed by atoms with E-state index in [1.165, 1.54) is 26.4 Å². The average Bonchev–Trinajstić information content (AvgIpc) is 2.90. The molecule has 1 amide bonds. The molecule has 0 bridgehead atoms. The number of ether oxygens (including phenoxy) is 2. The van der Waals surface area contributed by atoms with Gasteiger partial charge in [-0.2, -0.15) is 5.10 Å². The second-order valence-corrected chi connectivity index (χ2v) is 11.5. The largest absolute Gasteiger partial charge is 0.497 e. The molecule has 0 spiro atoms. The van der Waals surface area contributed by atoms with E-state index in [2.05, 4.69) is 36.5 Å². The molecule has 0 aliphatic rings. The molecule has 0 heterocycles. The van der Waals surface area contributed by atoms with Crippen molar-refractivity contribution in [1.82, 2.24) is 5.43 Å². The van der Waals surface area contributed by atoms with Crippen LogP contribution in [0.5, 0.6) is 11.5 Å². The van der Waals surface area contributed by atoms with Crippen LogP contribution in [0.4, 0.5) is 5.69 Å². The number of sulfonamides is 1. The zero-order valence-electron chi connectivity index (χ0n) is 22.7. The average molecular weight is 538 g/mol. The summed E-state index contributed by atoms with van der Waals surface area (Å²) < 4.78 is 39.1. The number of hydrogen-bond donors (Lipinski definition) is 1. The van der Waals surface area contributed by atoms with Crippen LogP contribution in [-0.4, -0.2) is 40.8 Å². The van der Waals surface area contributed by atoms with Crippen LogP contribution in [0.15, 0.2) is 82.8 Å². The monoisotopic (exact) mass is 537 g/mol. The molecule has 38 heavy (non-hydrogen) atoms. The second-order valence-electron chi connectivity index (χ2n) is 9.67. The Balaban J connectivity index is 1.88. The molecule has 8 nitrogen and oxygen atoms in total. The lowest BCUT2D eigenvalue weighted by molar-refractivity contribution is -0.119. The van der Waals surface area contributed by atoms with Crippen LogP contribution < -0.4 is 19.2 Å². The number of anilines is 1. The summed E-state index contributed by atoms with van der Waals surface area (Å²) in [5.41, 5.74) is 5.31. The predicted molar refractivity (Wildman–Crippen MR) is 151 cm³/mol. The summed E-state index contributed by atoms with van der Waals surface area (Å²) >= 11 is 0. The van der Waals surface area contributed by atoms with Gasteiger partial charge >= 0.3 is 0 Å². The zero-order valence-corrected chi connectivity index (χ0v) is 23.5. The van der Waals surface area contributed by atoms with E-state index in [0.717, 1.165) is 15.4 Å². The van der Waals surface area contributed by atoms with E-state index in [-0.39, 0.29) is 21.7 Å². The molecule has 0 saturated carbocycles. The SMILES string of the molecule is COc1ccc(N(CC(=O)N/N=C(/C)CC(C)(C)c2ccccc2)S(=O)(=O)c2ccc(C)cc2)c(OC)c1. The number of carbonyl (C=O) groups is 1. The molecule has 202 valence electrons. The molecule has 0 fully saturated rings. The lowest BCUT2D eigenvalue weighted by Gasteiger charge is -2.26. The topological polar surface area (TPSA) is 97.3 Å². The molecule has 0 aliphatic carbocycles. The Kier molecular flexibility index (Phi) is 9.17. The number of carbonyl (C=O) groups excluding carboxylic acids is 1. The van der Waals surface area contributed by atoms with Crippen LogP contribution >= 0.6 is 0 Å². The van der Waals surface area contributed by atoms with Gasteiger partial charge in [-0.25, -0.2) is 13.8 Å². The van der Waals surface area contributed by atoms with Crippen molar-refractivity contribution in [1.29, 1.82) is 0 Å². The van der Waals surface area contributed by atoms with Gasteiger partial charge < -0.3 is 9.47 Å². The fourth-order valence-electron chi connectivity index (χ4n) is 4.12. The van der Waals surface area contributed by atoms with E-state index < -0.39 is 22.5 Å². The lowest BCUT2D eigenvalue weighted by Crippen LogP contribution is -2.40. The Morgan fingerprint density at radius 1 is 0.974 bits per heavy atom. The van der Waals surface area contributed by atoms with Crippen LogP contribution in [0.1, 0.15) is 38.3 Å². The summed E-state index contributed by atoms with van der Waals surface area (Å²) in [5.74, 6) is 0.150. The summed E-state index contributed by atoms with van der Waals surface area (Å²) in [7, 11) is -1.19. The first kappa shape index (κ1) is 28.7. The van der Waals surface area contributed by atoms with Gasteiger partial charge in [0.25, 0.3) is 15.9 Å². The molecule has 0 saturated heterocycles. The van der Waals surface area contributed by atoms with Gasteiger partial charge in [-0.1, -0.05) is 61.9 Å². The first-order chi connectivity index (χ1) is 18.0. The lowest BCUT2D eigenvalue weighted by atomic mass is 9.80. The fourth-order valence-corrected chi connectivity index (χ4v) is 5.55. The summed E-state index contributed by atoms with van der Waals surface area (Å²) in [4.78, 5) is 13.1. The highest BCUT2D eigenvalue weighted by atomic mass is 32.2. The first-order valence-electron chi connectivity index (χ1n) is 12.2. The van der Waals surface area contributed by atoms with E-state index in [9.17, 15) is 13.2 Å². The number of rotatable bonds is 11. The molecular weight excluding hydrogens is 502 g/mol. The number of hydrogen-bond acceptors (Lipinski definition) is 6. The van der Waals surface area contributed by atoms with Crippen molar-refractivity contribution in [2.75, 3.05) is 25.1 Å². The number of nitrogens with zero attached hydrogens (tertiary/aromatic N) is 2. The van der Waals surface area contributed by atoms with Crippen LogP contribution in [0.2, 0.25) is 0 Å². The van der Waals surface area contributed by atoms with Gasteiger partial charge in [0.1, 0.15) is 18.0 Å². The Morgan fingerprint density at radius 2 is 1.63 bits per heavy atom. The standard InChI is InChI=1S/C29H35N3O5S/c1-21-12-15-25(16-13-21)38(34,35)32(26-17-14-24(36-5)18-27(26)37-6)20-28(33)31-30-22(2)19-29(3,4)23-10-8-7-9-11-23/h7-18H,19-20H2,1-6H3,(H,31,33)/b30-22-. The second kappa shape index (κ2) is 12.1. The smallest absolute Gasteiger partial charge is 0.264 e. The summed E-state index contributed by atoms with van der Waals surface area (Å²) in [5, 5.41) is 4.26. The molecule has 0 unspecified atom stereocenters. The third-order valence-electron chi connectivity index (χ3n) is 6.18. The van der Waals surface area contributed by atoms with Crippen molar-refractivity contribution in [3.63, 3.8) is 0 Å². The Labute approximate surface area is 225 Å². The van der Waals surface area contributed by atoms with Gasteiger partial charge in [-0.3, -0.25) is 9.10 Å². The van der Waals surface area contributed by atoms with Crippen molar-refractivity contribution in [3.05, 3.63) is 83.9 Å². The number of methoxy groups -OCH3 is 2. The summed E-state index contributed by atoms with van der Waals surface area (Å²) in [6, 6.07) is 21.2. The molecule has 9 heteroatoms. The van der Waals surface area contributed by atoms with Gasteiger partial charge in [-0.15, -0.1) is 0 Å². The zero-order chi connectivity index (χ0) is 27.9.